The van der Waals surface area contributed by atoms with Crippen LogP contribution < -0.4 is 4.72 Å². The van der Waals surface area contributed by atoms with Crippen molar-refractivity contribution < 1.29 is 8.42 Å². The summed E-state index contributed by atoms with van der Waals surface area (Å²) in [5, 5.41) is 0. The van der Waals surface area contributed by atoms with Crippen LogP contribution >= 0.6 is 11.5 Å². The molecule has 1 aliphatic carbocycles. The predicted octanol–water partition coefficient (Wildman–Crippen LogP) is 2.14. The van der Waals surface area contributed by atoms with Crippen LogP contribution in [0.4, 0.5) is 0 Å². The van der Waals surface area contributed by atoms with Gasteiger partial charge in [-0.2, -0.15) is 4.37 Å². The van der Waals surface area contributed by atoms with E-state index in [1.54, 1.807) is 6.07 Å². The molecule has 1 aromatic rings. The van der Waals surface area contributed by atoms with Crippen LogP contribution in [-0.4, -0.2) is 42.9 Å². The Morgan fingerprint density at radius 3 is 2.71 bits per heavy atom. The molecule has 0 amide bonds. The third-order valence-corrected chi connectivity index (χ3v) is 7.34. The third kappa shape index (κ3) is 3.64. The van der Waals surface area contributed by atoms with Crippen molar-refractivity contribution in [3.8, 4) is 0 Å². The number of rotatable bonds is 4. The predicted molar refractivity (Wildman–Crippen MR) is 84.0 cm³/mol. The largest absolute Gasteiger partial charge is 0.299 e. The van der Waals surface area contributed by atoms with Crippen molar-refractivity contribution in [2.24, 2.45) is 0 Å². The van der Waals surface area contributed by atoms with E-state index < -0.39 is 10.0 Å². The molecule has 2 fully saturated rings. The number of aryl methyl sites for hydroxylation is 1. The van der Waals surface area contributed by atoms with Gasteiger partial charge in [0.2, 0.25) is 0 Å². The van der Waals surface area contributed by atoms with E-state index in [0.717, 1.165) is 43.2 Å². The maximum atomic E-state index is 12.4. The highest BCUT2D eigenvalue weighted by Gasteiger charge is 2.30. The number of nitrogens with one attached hydrogen (secondary N) is 1. The quantitative estimate of drug-likeness (QED) is 0.919. The lowest BCUT2D eigenvalue weighted by Gasteiger charge is -2.36. The summed E-state index contributed by atoms with van der Waals surface area (Å²) in [7, 11) is -3.41. The second-order valence-corrected chi connectivity index (χ2v) is 8.93. The molecular formula is C14H23N3O2S2. The maximum Gasteiger partial charge on any atom is 0.251 e. The molecule has 7 heteroatoms. The highest BCUT2D eigenvalue weighted by molar-refractivity contribution is 7.91. The summed E-state index contributed by atoms with van der Waals surface area (Å²) in [6.07, 6.45) is 7.18. The number of hydrogen-bond acceptors (Lipinski definition) is 5. The van der Waals surface area contributed by atoms with Crippen LogP contribution in [0.3, 0.4) is 0 Å². The number of piperidine rings is 1. The van der Waals surface area contributed by atoms with Crippen molar-refractivity contribution in [1.82, 2.24) is 14.0 Å². The van der Waals surface area contributed by atoms with Crippen molar-refractivity contribution in [3.05, 3.63) is 11.8 Å². The Kier molecular flexibility index (Phi) is 4.63. The van der Waals surface area contributed by atoms with Gasteiger partial charge in [0.25, 0.3) is 10.0 Å². The second kappa shape index (κ2) is 6.32. The monoisotopic (exact) mass is 329 g/mol. The fourth-order valence-corrected chi connectivity index (χ4v) is 5.68. The number of sulfonamides is 1. The van der Waals surface area contributed by atoms with Crippen molar-refractivity contribution in [2.75, 3.05) is 13.1 Å². The Morgan fingerprint density at radius 1 is 1.29 bits per heavy atom. The van der Waals surface area contributed by atoms with E-state index in [1.165, 1.54) is 25.7 Å². The molecule has 118 valence electrons. The van der Waals surface area contributed by atoms with Crippen molar-refractivity contribution in [3.63, 3.8) is 0 Å². The second-order valence-electron chi connectivity index (χ2n) is 6.18. The van der Waals surface area contributed by atoms with Gasteiger partial charge in [-0.15, -0.1) is 0 Å². The average Bonchev–Trinajstić information content (AvgIpc) is 3.09. The highest BCUT2D eigenvalue weighted by atomic mass is 32.2. The number of aromatic nitrogens is 1. The zero-order valence-corrected chi connectivity index (χ0v) is 14.0. The number of likely N-dealkylation sites (tertiary alicyclic amines) is 1. The first kappa shape index (κ1) is 15.4. The summed E-state index contributed by atoms with van der Waals surface area (Å²) >= 11 is 1.06. The zero-order chi connectivity index (χ0) is 14.9. The minimum absolute atomic E-state index is 0.0340. The Morgan fingerprint density at radius 2 is 2.05 bits per heavy atom. The first-order valence-corrected chi connectivity index (χ1v) is 10.00. The Labute approximate surface area is 131 Å². The molecule has 3 rings (SSSR count). The molecule has 0 radical (unpaired) electrons. The molecule has 1 saturated heterocycles. The molecule has 1 N–H and O–H groups in total. The SMILES string of the molecule is Cc1cc(S(=O)(=O)NC2CCCN(C3CCCC3)C2)sn1. The van der Waals surface area contributed by atoms with Gasteiger partial charge in [-0.1, -0.05) is 12.8 Å². The van der Waals surface area contributed by atoms with Crippen LogP contribution in [0.1, 0.15) is 44.2 Å². The van der Waals surface area contributed by atoms with E-state index in [4.69, 9.17) is 0 Å². The fourth-order valence-electron chi connectivity index (χ4n) is 3.45. The molecule has 5 nitrogen and oxygen atoms in total. The summed E-state index contributed by atoms with van der Waals surface area (Å²) in [4.78, 5) is 2.49. The summed E-state index contributed by atoms with van der Waals surface area (Å²) in [6, 6.07) is 2.35. The van der Waals surface area contributed by atoms with Crippen LogP contribution in [0.15, 0.2) is 10.3 Å². The molecule has 0 aromatic carbocycles. The maximum absolute atomic E-state index is 12.4. The minimum atomic E-state index is -3.41. The smallest absolute Gasteiger partial charge is 0.251 e. The number of hydrogen-bond donors (Lipinski definition) is 1. The summed E-state index contributed by atoms with van der Waals surface area (Å²) in [6.45, 7) is 3.78. The van der Waals surface area contributed by atoms with Crippen LogP contribution in [-0.2, 0) is 10.0 Å². The molecule has 1 atom stereocenters. The molecule has 1 aliphatic heterocycles. The van der Waals surface area contributed by atoms with Gasteiger partial charge in [-0.05, 0) is 56.8 Å². The van der Waals surface area contributed by atoms with Gasteiger partial charge in [0.1, 0.15) is 0 Å². The molecule has 21 heavy (non-hydrogen) atoms. The topological polar surface area (TPSA) is 62.3 Å². The molecule has 0 spiro atoms. The highest BCUT2D eigenvalue weighted by Crippen LogP contribution is 2.26. The van der Waals surface area contributed by atoms with E-state index >= 15 is 0 Å². The van der Waals surface area contributed by atoms with E-state index in [0.29, 0.717) is 10.3 Å². The van der Waals surface area contributed by atoms with Gasteiger partial charge < -0.3 is 0 Å². The van der Waals surface area contributed by atoms with E-state index in [1.807, 2.05) is 6.92 Å². The lowest BCUT2D eigenvalue weighted by atomic mass is 10.0. The average molecular weight is 329 g/mol. The van der Waals surface area contributed by atoms with E-state index in [2.05, 4.69) is 14.0 Å². The molecule has 0 bridgehead atoms. The fraction of sp³-hybridized carbons (Fsp3) is 0.786. The van der Waals surface area contributed by atoms with E-state index in [-0.39, 0.29) is 6.04 Å². The first-order chi connectivity index (χ1) is 10.0. The Bertz CT molecular complexity index is 579. The normalized spacial score (nSPS) is 25.5. The lowest BCUT2D eigenvalue weighted by Crippen LogP contribution is -2.50. The Balaban J connectivity index is 1.64. The van der Waals surface area contributed by atoms with Gasteiger partial charge in [0, 0.05) is 18.6 Å². The molecule has 2 aliphatic rings. The standard InChI is InChI=1S/C14H23N3O2S2/c1-11-9-14(20-15-11)21(18,19)16-12-5-4-8-17(10-12)13-6-2-3-7-13/h9,12-13,16H,2-8,10H2,1H3. The molecule has 1 unspecified atom stereocenters. The van der Waals surface area contributed by atoms with Crippen LogP contribution in [0, 0.1) is 6.92 Å². The van der Waals surface area contributed by atoms with Crippen LogP contribution in [0.2, 0.25) is 0 Å². The van der Waals surface area contributed by atoms with Crippen LogP contribution in [0.5, 0.6) is 0 Å². The molecular weight excluding hydrogens is 306 g/mol. The van der Waals surface area contributed by atoms with Crippen molar-refractivity contribution in [2.45, 2.75) is 61.7 Å². The first-order valence-electron chi connectivity index (χ1n) is 7.74. The Hall–Kier alpha value is -0.500. The van der Waals surface area contributed by atoms with Crippen LogP contribution in [0.25, 0.3) is 0 Å². The van der Waals surface area contributed by atoms with Gasteiger partial charge in [0.15, 0.2) is 4.21 Å². The van der Waals surface area contributed by atoms with Gasteiger partial charge in [-0.3, -0.25) is 4.90 Å². The van der Waals surface area contributed by atoms with Gasteiger partial charge >= 0.3 is 0 Å². The lowest BCUT2D eigenvalue weighted by molar-refractivity contribution is 0.146. The summed E-state index contributed by atoms with van der Waals surface area (Å²) in [5.74, 6) is 0. The van der Waals surface area contributed by atoms with Crippen molar-refractivity contribution in [1.29, 1.82) is 0 Å². The van der Waals surface area contributed by atoms with E-state index in [9.17, 15) is 8.42 Å². The van der Waals surface area contributed by atoms with Gasteiger partial charge in [0.05, 0.1) is 5.69 Å². The molecule has 2 heterocycles. The zero-order valence-electron chi connectivity index (χ0n) is 12.4. The van der Waals surface area contributed by atoms with Crippen molar-refractivity contribution >= 4 is 21.6 Å². The summed E-state index contributed by atoms with van der Waals surface area (Å²) in [5.41, 5.74) is 0.761. The molecule has 1 saturated carbocycles. The number of nitrogens with zero attached hydrogens (tertiary/aromatic N) is 2. The summed E-state index contributed by atoms with van der Waals surface area (Å²) < 4.78 is 32.0. The minimum Gasteiger partial charge on any atom is -0.299 e. The third-order valence-electron chi connectivity index (χ3n) is 4.49. The molecule has 1 aromatic heterocycles. The van der Waals surface area contributed by atoms with Gasteiger partial charge in [-0.25, -0.2) is 13.1 Å².